The maximum atomic E-state index is 5.82. The van der Waals surface area contributed by atoms with Crippen LogP contribution in [-0.4, -0.2) is 11.1 Å². The molecular weight excluding hydrogens is 236 g/mol. The number of nitrogens with zero attached hydrogens (tertiary/aromatic N) is 1. The summed E-state index contributed by atoms with van der Waals surface area (Å²) in [6.45, 7) is 1.48. The third kappa shape index (κ3) is 2.46. The Morgan fingerprint density at radius 2 is 1.79 bits per heavy atom. The summed E-state index contributed by atoms with van der Waals surface area (Å²) >= 11 is 0. The molecule has 2 aromatic carbocycles. The highest BCUT2D eigenvalue weighted by atomic mass is 16.5. The predicted molar refractivity (Wildman–Crippen MR) is 77.5 cm³/mol. The van der Waals surface area contributed by atoms with Crippen LogP contribution in [-0.2, 0) is 6.54 Å². The van der Waals surface area contributed by atoms with E-state index in [-0.39, 0.29) is 0 Å². The summed E-state index contributed by atoms with van der Waals surface area (Å²) in [5.41, 5.74) is 6.78. The van der Waals surface area contributed by atoms with Crippen molar-refractivity contribution in [2.75, 3.05) is 6.54 Å². The van der Waals surface area contributed by atoms with E-state index in [4.69, 9.17) is 10.5 Å². The molecule has 0 aliphatic rings. The summed E-state index contributed by atoms with van der Waals surface area (Å²) in [6, 6.07) is 18.0. The fourth-order valence-electron chi connectivity index (χ4n) is 2.20. The highest BCUT2D eigenvalue weighted by Crippen LogP contribution is 2.26. The average Bonchev–Trinajstić information content (AvgIpc) is 2.83. The van der Waals surface area contributed by atoms with Gasteiger partial charge in [0.1, 0.15) is 11.5 Å². The molecule has 3 rings (SSSR count). The molecule has 0 fully saturated rings. The molecule has 3 heteroatoms. The van der Waals surface area contributed by atoms with Crippen LogP contribution >= 0.6 is 0 Å². The van der Waals surface area contributed by atoms with Crippen LogP contribution in [0.1, 0.15) is 0 Å². The van der Waals surface area contributed by atoms with E-state index in [9.17, 15) is 0 Å². The van der Waals surface area contributed by atoms with Gasteiger partial charge in [0.2, 0.25) is 0 Å². The zero-order valence-corrected chi connectivity index (χ0v) is 10.6. The molecule has 0 bridgehead atoms. The van der Waals surface area contributed by atoms with Gasteiger partial charge in [-0.15, -0.1) is 0 Å². The van der Waals surface area contributed by atoms with E-state index in [1.54, 1.807) is 0 Å². The van der Waals surface area contributed by atoms with E-state index < -0.39 is 0 Å². The first-order chi connectivity index (χ1) is 9.36. The molecule has 0 unspecified atom stereocenters. The van der Waals surface area contributed by atoms with Gasteiger partial charge in [-0.05, 0) is 36.4 Å². The molecule has 0 saturated heterocycles. The lowest BCUT2D eigenvalue weighted by Crippen LogP contribution is -2.08. The molecule has 1 aromatic heterocycles. The molecule has 0 saturated carbocycles. The van der Waals surface area contributed by atoms with Crippen LogP contribution < -0.4 is 10.5 Å². The fourth-order valence-corrected chi connectivity index (χ4v) is 2.20. The van der Waals surface area contributed by atoms with Gasteiger partial charge in [0.25, 0.3) is 0 Å². The van der Waals surface area contributed by atoms with Crippen LogP contribution in [0.2, 0.25) is 0 Å². The minimum absolute atomic E-state index is 0.645. The number of nitrogens with two attached hydrogens (primary N) is 1. The van der Waals surface area contributed by atoms with Gasteiger partial charge in [-0.3, -0.25) is 0 Å². The summed E-state index contributed by atoms with van der Waals surface area (Å²) in [6.07, 6.45) is 2.06. The third-order valence-corrected chi connectivity index (χ3v) is 3.09. The van der Waals surface area contributed by atoms with Crippen LogP contribution in [0.4, 0.5) is 0 Å². The number of hydrogen-bond acceptors (Lipinski definition) is 2. The molecular formula is C16H16N2O. The van der Waals surface area contributed by atoms with Crippen LogP contribution in [0, 0.1) is 0 Å². The highest BCUT2D eigenvalue weighted by molar-refractivity contribution is 5.81. The largest absolute Gasteiger partial charge is 0.457 e. The van der Waals surface area contributed by atoms with Gasteiger partial charge in [0.05, 0.1) is 0 Å². The molecule has 0 amide bonds. The van der Waals surface area contributed by atoms with Crippen molar-refractivity contribution >= 4 is 10.9 Å². The Hall–Kier alpha value is -2.26. The normalized spacial score (nSPS) is 10.8. The summed E-state index contributed by atoms with van der Waals surface area (Å²) in [5.74, 6) is 1.70. The number of para-hydroxylation sites is 1. The smallest absolute Gasteiger partial charge is 0.128 e. The number of hydrogen-bond donors (Lipinski definition) is 1. The first kappa shape index (κ1) is 11.8. The Bertz CT molecular complexity index is 674. The van der Waals surface area contributed by atoms with E-state index in [1.807, 2.05) is 36.4 Å². The van der Waals surface area contributed by atoms with Crippen molar-refractivity contribution in [1.29, 1.82) is 0 Å². The fraction of sp³-hybridized carbons (Fsp3) is 0.125. The number of rotatable bonds is 4. The lowest BCUT2D eigenvalue weighted by atomic mass is 10.2. The van der Waals surface area contributed by atoms with Gasteiger partial charge < -0.3 is 15.0 Å². The SMILES string of the molecule is NCCn1ccc2cc(Oc3ccccc3)ccc21. The lowest BCUT2D eigenvalue weighted by Gasteiger charge is -2.07. The number of ether oxygens (including phenoxy) is 1. The molecule has 3 aromatic rings. The Morgan fingerprint density at radius 3 is 2.58 bits per heavy atom. The molecule has 96 valence electrons. The molecule has 0 radical (unpaired) electrons. The molecule has 0 aliphatic carbocycles. The summed E-state index contributed by atoms with van der Waals surface area (Å²) in [5, 5.41) is 1.17. The first-order valence-corrected chi connectivity index (χ1v) is 6.39. The molecule has 3 nitrogen and oxygen atoms in total. The third-order valence-electron chi connectivity index (χ3n) is 3.09. The Balaban J connectivity index is 1.90. The second-order valence-corrected chi connectivity index (χ2v) is 4.43. The van der Waals surface area contributed by atoms with Gasteiger partial charge >= 0.3 is 0 Å². The van der Waals surface area contributed by atoms with E-state index in [0.717, 1.165) is 18.0 Å². The minimum atomic E-state index is 0.645. The topological polar surface area (TPSA) is 40.2 Å². The zero-order chi connectivity index (χ0) is 13.1. The van der Waals surface area contributed by atoms with Crippen molar-refractivity contribution < 1.29 is 4.74 Å². The van der Waals surface area contributed by atoms with Crippen molar-refractivity contribution in [2.24, 2.45) is 5.73 Å². The number of fused-ring (bicyclic) bond motifs is 1. The quantitative estimate of drug-likeness (QED) is 0.773. The van der Waals surface area contributed by atoms with Crippen LogP contribution in [0.25, 0.3) is 10.9 Å². The van der Waals surface area contributed by atoms with Crippen molar-refractivity contribution in [3.63, 3.8) is 0 Å². The van der Waals surface area contributed by atoms with Crippen molar-refractivity contribution in [1.82, 2.24) is 4.57 Å². The maximum absolute atomic E-state index is 5.82. The Labute approximate surface area is 112 Å². The Morgan fingerprint density at radius 1 is 0.947 bits per heavy atom. The number of benzene rings is 2. The molecule has 2 N–H and O–H groups in total. The monoisotopic (exact) mass is 252 g/mol. The minimum Gasteiger partial charge on any atom is -0.457 e. The van der Waals surface area contributed by atoms with Gasteiger partial charge in [0, 0.05) is 30.2 Å². The molecule has 19 heavy (non-hydrogen) atoms. The highest BCUT2D eigenvalue weighted by Gasteiger charge is 2.03. The zero-order valence-electron chi connectivity index (χ0n) is 10.6. The summed E-state index contributed by atoms with van der Waals surface area (Å²) in [7, 11) is 0. The van der Waals surface area contributed by atoms with Crippen LogP contribution in [0.5, 0.6) is 11.5 Å². The molecule has 0 spiro atoms. The van der Waals surface area contributed by atoms with Crippen molar-refractivity contribution in [3.05, 3.63) is 60.8 Å². The summed E-state index contributed by atoms with van der Waals surface area (Å²) < 4.78 is 7.98. The molecule has 0 aliphatic heterocycles. The van der Waals surface area contributed by atoms with E-state index in [0.29, 0.717) is 6.54 Å². The van der Waals surface area contributed by atoms with Gasteiger partial charge in [-0.2, -0.15) is 0 Å². The van der Waals surface area contributed by atoms with Crippen LogP contribution in [0.15, 0.2) is 60.8 Å². The van der Waals surface area contributed by atoms with Crippen LogP contribution in [0.3, 0.4) is 0 Å². The maximum Gasteiger partial charge on any atom is 0.128 e. The van der Waals surface area contributed by atoms with Gasteiger partial charge in [-0.25, -0.2) is 0 Å². The second-order valence-electron chi connectivity index (χ2n) is 4.43. The van der Waals surface area contributed by atoms with E-state index in [2.05, 4.69) is 29.0 Å². The Kier molecular flexibility index (Phi) is 3.21. The van der Waals surface area contributed by atoms with Crippen molar-refractivity contribution in [2.45, 2.75) is 6.54 Å². The standard InChI is InChI=1S/C16H16N2O/c17-9-11-18-10-8-13-12-15(6-7-16(13)18)19-14-4-2-1-3-5-14/h1-8,10,12H,9,11,17H2. The number of aromatic nitrogens is 1. The summed E-state index contributed by atoms with van der Waals surface area (Å²) in [4.78, 5) is 0. The van der Waals surface area contributed by atoms with Crippen molar-refractivity contribution in [3.8, 4) is 11.5 Å². The van der Waals surface area contributed by atoms with Gasteiger partial charge in [0.15, 0.2) is 0 Å². The predicted octanol–water partition coefficient (Wildman–Crippen LogP) is 3.39. The van der Waals surface area contributed by atoms with E-state index in [1.165, 1.54) is 10.9 Å². The second kappa shape index (κ2) is 5.16. The molecule has 0 atom stereocenters. The van der Waals surface area contributed by atoms with Gasteiger partial charge in [-0.1, -0.05) is 18.2 Å². The van der Waals surface area contributed by atoms with E-state index >= 15 is 0 Å². The first-order valence-electron chi connectivity index (χ1n) is 6.39. The average molecular weight is 252 g/mol. The molecule has 1 heterocycles. The lowest BCUT2D eigenvalue weighted by molar-refractivity contribution is 0.483.